The minimum absolute atomic E-state index is 0.0159. The molecule has 4 N–H and O–H groups in total. The summed E-state index contributed by atoms with van der Waals surface area (Å²) in [4.78, 5) is 12.6. The molecule has 188 valence electrons. The van der Waals surface area contributed by atoms with Gasteiger partial charge >= 0.3 is 6.09 Å². The van der Waals surface area contributed by atoms with Gasteiger partial charge in [-0.15, -0.1) is 0 Å². The van der Waals surface area contributed by atoms with Crippen LogP contribution in [-0.2, 0) is 21.2 Å². The number of anilines is 1. The van der Waals surface area contributed by atoms with Gasteiger partial charge in [0.05, 0.1) is 17.0 Å². The molecule has 2 aromatic rings. The SMILES string of the molecule is CC(C)CN(C[C@@H](O)[C@@H](Cc1ccccc1)NC(=O)OC(C)(C)C)S(=O)(=O)c1ccc(N)cc1. The largest absolute Gasteiger partial charge is 0.444 e. The lowest BCUT2D eigenvalue weighted by atomic mass is 10.0. The average molecular weight is 492 g/mol. The Morgan fingerprint density at radius 3 is 2.18 bits per heavy atom. The summed E-state index contributed by atoms with van der Waals surface area (Å²) in [6.07, 6.45) is -1.56. The van der Waals surface area contributed by atoms with Crippen LogP contribution in [0.3, 0.4) is 0 Å². The fourth-order valence-corrected chi connectivity index (χ4v) is 5.03. The van der Waals surface area contributed by atoms with E-state index in [9.17, 15) is 18.3 Å². The second-order valence-electron chi connectivity index (χ2n) is 9.79. The van der Waals surface area contributed by atoms with Crippen molar-refractivity contribution in [2.45, 2.75) is 63.7 Å². The molecule has 2 atom stereocenters. The summed E-state index contributed by atoms with van der Waals surface area (Å²) in [5, 5.41) is 13.9. The van der Waals surface area contributed by atoms with Crippen LogP contribution in [0.5, 0.6) is 0 Å². The van der Waals surface area contributed by atoms with Gasteiger partial charge in [0.2, 0.25) is 10.0 Å². The summed E-state index contributed by atoms with van der Waals surface area (Å²) < 4.78 is 33.4. The minimum atomic E-state index is -3.90. The van der Waals surface area contributed by atoms with E-state index in [0.717, 1.165) is 5.56 Å². The zero-order valence-corrected chi connectivity index (χ0v) is 21.4. The number of nitrogens with one attached hydrogen (secondary N) is 1. The summed E-state index contributed by atoms with van der Waals surface area (Å²) in [6.45, 7) is 9.05. The lowest BCUT2D eigenvalue weighted by molar-refractivity contribution is 0.0400. The molecule has 0 aromatic heterocycles. The maximum Gasteiger partial charge on any atom is 0.407 e. The molecule has 0 spiro atoms. The number of amides is 1. The lowest BCUT2D eigenvalue weighted by Crippen LogP contribution is -2.51. The van der Waals surface area contributed by atoms with Crippen LogP contribution in [0.25, 0.3) is 0 Å². The highest BCUT2D eigenvalue weighted by Gasteiger charge is 2.32. The first-order valence-corrected chi connectivity index (χ1v) is 12.8. The van der Waals surface area contributed by atoms with Gasteiger partial charge in [0.1, 0.15) is 5.60 Å². The van der Waals surface area contributed by atoms with Gasteiger partial charge in [-0.25, -0.2) is 13.2 Å². The maximum absolute atomic E-state index is 13.4. The Bertz CT molecular complexity index is 1020. The number of benzene rings is 2. The third-order valence-electron chi connectivity index (χ3n) is 4.94. The summed E-state index contributed by atoms with van der Waals surface area (Å²) >= 11 is 0. The first-order chi connectivity index (χ1) is 15.8. The second-order valence-corrected chi connectivity index (χ2v) is 11.7. The molecule has 0 radical (unpaired) electrons. The van der Waals surface area contributed by atoms with E-state index in [2.05, 4.69) is 5.32 Å². The predicted octanol–water partition coefficient (Wildman–Crippen LogP) is 3.41. The first kappa shape index (κ1) is 27.6. The van der Waals surface area contributed by atoms with E-state index in [4.69, 9.17) is 10.5 Å². The minimum Gasteiger partial charge on any atom is -0.444 e. The van der Waals surface area contributed by atoms with E-state index < -0.39 is 33.9 Å². The smallest absolute Gasteiger partial charge is 0.407 e. The van der Waals surface area contributed by atoms with Crippen LogP contribution in [0.1, 0.15) is 40.2 Å². The van der Waals surface area contributed by atoms with E-state index in [-0.39, 0.29) is 23.9 Å². The van der Waals surface area contributed by atoms with Gasteiger partial charge in [-0.2, -0.15) is 4.31 Å². The van der Waals surface area contributed by atoms with Gasteiger partial charge in [-0.3, -0.25) is 0 Å². The van der Waals surface area contributed by atoms with Crippen molar-refractivity contribution < 1.29 is 23.1 Å². The molecule has 2 rings (SSSR count). The molecule has 0 saturated carbocycles. The molecule has 0 saturated heterocycles. The van der Waals surface area contributed by atoms with Crippen molar-refractivity contribution in [2.75, 3.05) is 18.8 Å². The van der Waals surface area contributed by atoms with Crippen LogP contribution >= 0.6 is 0 Å². The molecule has 0 fully saturated rings. The van der Waals surface area contributed by atoms with Crippen molar-refractivity contribution in [3.05, 3.63) is 60.2 Å². The van der Waals surface area contributed by atoms with Gasteiger partial charge in [0.25, 0.3) is 0 Å². The topological polar surface area (TPSA) is 122 Å². The van der Waals surface area contributed by atoms with E-state index in [0.29, 0.717) is 12.1 Å². The van der Waals surface area contributed by atoms with Crippen molar-refractivity contribution in [2.24, 2.45) is 5.92 Å². The molecule has 0 aliphatic heterocycles. The summed E-state index contributed by atoms with van der Waals surface area (Å²) in [5.41, 5.74) is 6.34. The van der Waals surface area contributed by atoms with Crippen LogP contribution in [0.4, 0.5) is 10.5 Å². The fraction of sp³-hybridized carbons (Fsp3) is 0.480. The molecule has 2 aromatic carbocycles. The van der Waals surface area contributed by atoms with E-state index in [1.807, 2.05) is 44.2 Å². The van der Waals surface area contributed by atoms with Gasteiger partial charge in [0, 0.05) is 18.8 Å². The number of ether oxygens (including phenoxy) is 1. The van der Waals surface area contributed by atoms with Gasteiger partial charge in [-0.05, 0) is 62.9 Å². The highest BCUT2D eigenvalue weighted by molar-refractivity contribution is 7.89. The monoisotopic (exact) mass is 491 g/mol. The van der Waals surface area contributed by atoms with Crippen LogP contribution in [0, 0.1) is 5.92 Å². The van der Waals surface area contributed by atoms with E-state index in [1.54, 1.807) is 20.8 Å². The second kappa shape index (κ2) is 11.7. The zero-order valence-electron chi connectivity index (χ0n) is 20.6. The van der Waals surface area contributed by atoms with Crippen molar-refractivity contribution in [3.63, 3.8) is 0 Å². The number of hydrogen-bond acceptors (Lipinski definition) is 6. The van der Waals surface area contributed by atoms with Crippen molar-refractivity contribution in [3.8, 4) is 0 Å². The number of carbonyl (C=O) groups excluding carboxylic acids is 1. The number of aliphatic hydroxyl groups excluding tert-OH is 1. The van der Waals surface area contributed by atoms with Crippen molar-refractivity contribution >= 4 is 21.8 Å². The third-order valence-corrected chi connectivity index (χ3v) is 6.79. The number of nitrogens with two attached hydrogens (primary N) is 1. The molecule has 9 heteroatoms. The predicted molar refractivity (Wildman–Crippen MR) is 134 cm³/mol. The number of hydrogen-bond donors (Lipinski definition) is 3. The Morgan fingerprint density at radius 1 is 1.06 bits per heavy atom. The molecule has 34 heavy (non-hydrogen) atoms. The number of rotatable bonds is 10. The summed E-state index contributed by atoms with van der Waals surface area (Å²) in [7, 11) is -3.90. The molecular formula is C25H37N3O5S. The quantitative estimate of drug-likeness (QED) is 0.438. The molecule has 8 nitrogen and oxygen atoms in total. The zero-order chi connectivity index (χ0) is 25.5. The van der Waals surface area contributed by atoms with E-state index >= 15 is 0 Å². The Kier molecular flexibility index (Phi) is 9.49. The third kappa shape index (κ3) is 8.62. The van der Waals surface area contributed by atoms with Crippen LogP contribution in [0.15, 0.2) is 59.5 Å². The number of nitrogens with zero attached hydrogens (tertiary/aromatic N) is 1. The Morgan fingerprint density at radius 2 is 1.65 bits per heavy atom. The summed E-state index contributed by atoms with van der Waals surface area (Å²) in [6, 6.07) is 14.5. The van der Waals surface area contributed by atoms with Crippen molar-refractivity contribution in [1.29, 1.82) is 0 Å². The van der Waals surface area contributed by atoms with E-state index in [1.165, 1.54) is 28.6 Å². The van der Waals surface area contributed by atoms with Crippen molar-refractivity contribution in [1.82, 2.24) is 9.62 Å². The molecule has 0 unspecified atom stereocenters. The fourth-order valence-electron chi connectivity index (χ4n) is 3.41. The Labute approximate surface area is 203 Å². The first-order valence-electron chi connectivity index (χ1n) is 11.3. The molecule has 1 amide bonds. The summed E-state index contributed by atoms with van der Waals surface area (Å²) in [5.74, 6) is 0.0159. The van der Waals surface area contributed by atoms with Gasteiger partial charge < -0.3 is 20.9 Å². The molecular weight excluding hydrogens is 454 g/mol. The number of carbonyl (C=O) groups is 1. The average Bonchev–Trinajstić information content (AvgIpc) is 2.72. The van der Waals surface area contributed by atoms with Crippen LogP contribution < -0.4 is 11.1 Å². The normalized spacial score (nSPS) is 14.1. The number of sulfonamides is 1. The Balaban J connectivity index is 2.30. The number of alkyl carbamates (subject to hydrolysis) is 1. The lowest BCUT2D eigenvalue weighted by Gasteiger charge is -2.31. The molecule has 0 aliphatic rings. The van der Waals surface area contributed by atoms with Gasteiger partial charge in [-0.1, -0.05) is 44.2 Å². The highest BCUT2D eigenvalue weighted by atomic mass is 32.2. The molecule has 0 heterocycles. The van der Waals surface area contributed by atoms with Gasteiger partial charge in [0.15, 0.2) is 0 Å². The maximum atomic E-state index is 13.4. The Hall–Kier alpha value is -2.62. The molecule has 0 aliphatic carbocycles. The van der Waals surface area contributed by atoms with Crippen LogP contribution in [-0.4, -0.2) is 54.8 Å². The standard InChI is InChI=1S/C25H37N3O5S/c1-18(2)16-28(34(31,32)21-13-11-20(26)12-14-21)17-23(29)22(15-19-9-7-6-8-10-19)27-24(30)33-25(3,4)5/h6-14,18,22-23,29H,15-17,26H2,1-5H3,(H,27,30)/t22-,23-/m1/s1. The molecule has 0 bridgehead atoms. The highest BCUT2D eigenvalue weighted by Crippen LogP contribution is 2.20. The van der Waals surface area contributed by atoms with Crippen LogP contribution in [0.2, 0.25) is 0 Å². The number of aliphatic hydroxyl groups is 1. The number of nitrogen functional groups attached to an aromatic ring is 1.